The summed E-state index contributed by atoms with van der Waals surface area (Å²) in [6, 6.07) is 25.4. The van der Waals surface area contributed by atoms with Crippen LogP contribution in [0.5, 0.6) is 11.5 Å². The van der Waals surface area contributed by atoms with Crippen molar-refractivity contribution < 1.29 is 14.3 Å². The van der Waals surface area contributed by atoms with Gasteiger partial charge in [-0.1, -0.05) is 42.5 Å². The van der Waals surface area contributed by atoms with Crippen LogP contribution >= 0.6 is 11.8 Å². The zero-order chi connectivity index (χ0) is 23.0. The van der Waals surface area contributed by atoms with Crippen molar-refractivity contribution >= 4 is 29.4 Å². The summed E-state index contributed by atoms with van der Waals surface area (Å²) in [6.07, 6.45) is 2.39. The Labute approximate surface area is 198 Å². The molecule has 0 saturated heterocycles. The maximum atomic E-state index is 13.0. The molecule has 5 nitrogen and oxygen atoms in total. The van der Waals surface area contributed by atoms with Gasteiger partial charge in [0, 0.05) is 22.9 Å². The standard InChI is InChI=1S/C27H24N2O3S/c1-31-26-18-20(11-12-25(26)32-15-16-33-23-8-3-2-4-9-23)17-22(19-28)27(30)29-14-13-21-7-5-6-10-24(21)29/h2-12,17-18H,13-16H2,1H3. The van der Waals surface area contributed by atoms with Gasteiger partial charge in [0.2, 0.25) is 0 Å². The molecule has 0 bridgehead atoms. The molecule has 166 valence electrons. The Morgan fingerprint density at radius 2 is 1.88 bits per heavy atom. The SMILES string of the molecule is COc1cc(C=C(C#N)C(=O)N2CCc3ccccc32)ccc1OCCSc1ccccc1. The Balaban J connectivity index is 1.43. The fourth-order valence-electron chi connectivity index (χ4n) is 3.72. The number of carbonyl (C=O) groups excluding carboxylic acids is 1. The van der Waals surface area contributed by atoms with E-state index in [0.29, 0.717) is 30.2 Å². The van der Waals surface area contributed by atoms with Crippen LogP contribution in [0.2, 0.25) is 0 Å². The van der Waals surface area contributed by atoms with Crippen LogP contribution in [-0.4, -0.2) is 31.9 Å². The number of para-hydroxylation sites is 1. The molecule has 1 aliphatic rings. The minimum absolute atomic E-state index is 0.0849. The van der Waals surface area contributed by atoms with Crippen LogP contribution in [0.3, 0.4) is 0 Å². The van der Waals surface area contributed by atoms with E-state index in [1.807, 2.05) is 54.6 Å². The number of benzene rings is 3. The van der Waals surface area contributed by atoms with Gasteiger partial charge in [0.15, 0.2) is 11.5 Å². The van der Waals surface area contributed by atoms with Gasteiger partial charge in [0.1, 0.15) is 11.6 Å². The number of thioether (sulfide) groups is 1. The molecule has 0 N–H and O–H groups in total. The number of hydrogen-bond acceptors (Lipinski definition) is 5. The first-order valence-electron chi connectivity index (χ1n) is 10.7. The Bertz CT molecular complexity index is 1200. The molecule has 0 aliphatic carbocycles. The van der Waals surface area contributed by atoms with Gasteiger partial charge in [-0.25, -0.2) is 0 Å². The quantitative estimate of drug-likeness (QED) is 0.198. The second-order valence-corrected chi connectivity index (χ2v) is 8.59. The Morgan fingerprint density at radius 3 is 2.67 bits per heavy atom. The van der Waals surface area contributed by atoms with Crippen LogP contribution in [-0.2, 0) is 11.2 Å². The maximum Gasteiger partial charge on any atom is 0.268 e. The van der Waals surface area contributed by atoms with Gasteiger partial charge in [-0.15, -0.1) is 11.8 Å². The molecule has 1 aliphatic heterocycles. The van der Waals surface area contributed by atoms with Crippen molar-refractivity contribution in [2.24, 2.45) is 0 Å². The molecule has 0 spiro atoms. The third-order valence-corrected chi connectivity index (χ3v) is 6.31. The van der Waals surface area contributed by atoms with Crippen LogP contribution in [0.15, 0.2) is 83.3 Å². The van der Waals surface area contributed by atoms with Gasteiger partial charge in [0.05, 0.1) is 13.7 Å². The summed E-state index contributed by atoms with van der Waals surface area (Å²) in [5.74, 6) is 1.70. The Morgan fingerprint density at radius 1 is 1.09 bits per heavy atom. The number of amides is 1. The summed E-state index contributed by atoms with van der Waals surface area (Å²) in [5, 5.41) is 9.66. The number of ether oxygens (including phenoxy) is 2. The third kappa shape index (κ3) is 5.39. The second-order valence-electron chi connectivity index (χ2n) is 7.43. The van der Waals surface area contributed by atoms with Crippen LogP contribution in [0.1, 0.15) is 11.1 Å². The van der Waals surface area contributed by atoms with Gasteiger partial charge >= 0.3 is 0 Å². The van der Waals surface area contributed by atoms with Gasteiger partial charge in [0.25, 0.3) is 5.91 Å². The zero-order valence-electron chi connectivity index (χ0n) is 18.4. The topological polar surface area (TPSA) is 62.6 Å². The minimum atomic E-state index is -0.292. The molecule has 0 radical (unpaired) electrons. The van der Waals surface area contributed by atoms with Crippen molar-refractivity contribution in [1.82, 2.24) is 0 Å². The van der Waals surface area contributed by atoms with Crippen molar-refractivity contribution in [3.63, 3.8) is 0 Å². The van der Waals surface area contributed by atoms with Crippen LogP contribution in [0.4, 0.5) is 5.69 Å². The highest BCUT2D eigenvalue weighted by Gasteiger charge is 2.26. The fourth-order valence-corrected chi connectivity index (χ4v) is 4.48. The molecule has 33 heavy (non-hydrogen) atoms. The molecule has 0 aromatic heterocycles. The van der Waals surface area contributed by atoms with E-state index in [1.165, 1.54) is 4.90 Å². The molecule has 1 heterocycles. The molecule has 4 rings (SSSR count). The van der Waals surface area contributed by atoms with Crippen LogP contribution in [0.25, 0.3) is 6.08 Å². The number of nitrogens with zero attached hydrogens (tertiary/aromatic N) is 2. The highest BCUT2D eigenvalue weighted by atomic mass is 32.2. The van der Waals surface area contributed by atoms with E-state index in [4.69, 9.17) is 9.47 Å². The highest BCUT2D eigenvalue weighted by molar-refractivity contribution is 7.99. The average molecular weight is 457 g/mol. The lowest BCUT2D eigenvalue weighted by molar-refractivity contribution is -0.114. The van der Waals surface area contributed by atoms with Gasteiger partial charge in [-0.3, -0.25) is 4.79 Å². The molecule has 0 saturated carbocycles. The van der Waals surface area contributed by atoms with Gasteiger partial charge in [-0.2, -0.15) is 5.26 Å². The largest absolute Gasteiger partial charge is 0.493 e. The number of nitriles is 1. The van der Waals surface area contributed by atoms with Gasteiger partial charge < -0.3 is 14.4 Å². The first-order valence-corrected chi connectivity index (χ1v) is 11.7. The number of rotatable bonds is 8. The maximum absolute atomic E-state index is 13.0. The van der Waals surface area contributed by atoms with E-state index >= 15 is 0 Å². The number of methoxy groups -OCH3 is 1. The normalized spacial score (nSPS) is 12.7. The number of fused-ring (bicyclic) bond motifs is 1. The molecule has 0 atom stereocenters. The van der Waals surface area contributed by atoms with Crippen LogP contribution < -0.4 is 14.4 Å². The van der Waals surface area contributed by atoms with Gasteiger partial charge in [-0.05, 0) is 54.0 Å². The molecule has 3 aromatic rings. The van der Waals surface area contributed by atoms with E-state index in [9.17, 15) is 10.1 Å². The first-order chi connectivity index (χ1) is 16.2. The summed E-state index contributed by atoms with van der Waals surface area (Å²) in [6.45, 7) is 1.11. The molecular formula is C27H24N2O3S. The van der Waals surface area contributed by atoms with Crippen LogP contribution in [0, 0.1) is 11.3 Å². The fraction of sp³-hybridized carbons (Fsp3) is 0.185. The number of hydrogen-bond donors (Lipinski definition) is 0. The van der Waals surface area contributed by atoms with E-state index < -0.39 is 0 Å². The van der Waals surface area contributed by atoms with E-state index in [-0.39, 0.29) is 11.5 Å². The van der Waals surface area contributed by atoms with E-state index in [1.54, 1.807) is 35.9 Å². The predicted octanol–water partition coefficient (Wildman–Crippen LogP) is 5.36. The van der Waals surface area contributed by atoms with Crippen molar-refractivity contribution in [3.8, 4) is 17.6 Å². The van der Waals surface area contributed by atoms with Crippen molar-refractivity contribution in [2.75, 3.05) is 30.9 Å². The zero-order valence-corrected chi connectivity index (χ0v) is 19.2. The lowest BCUT2D eigenvalue weighted by Crippen LogP contribution is -2.29. The highest BCUT2D eigenvalue weighted by Crippen LogP contribution is 2.31. The minimum Gasteiger partial charge on any atom is -0.493 e. The van der Waals surface area contributed by atoms with Crippen molar-refractivity contribution in [1.29, 1.82) is 5.26 Å². The van der Waals surface area contributed by atoms with Crippen molar-refractivity contribution in [2.45, 2.75) is 11.3 Å². The average Bonchev–Trinajstić information content (AvgIpc) is 3.30. The predicted molar refractivity (Wildman–Crippen MR) is 132 cm³/mol. The smallest absolute Gasteiger partial charge is 0.268 e. The molecule has 0 fully saturated rings. The summed E-state index contributed by atoms with van der Waals surface area (Å²) >= 11 is 1.72. The number of anilines is 1. The Hall–Kier alpha value is -3.69. The number of carbonyl (C=O) groups is 1. The van der Waals surface area contributed by atoms with E-state index in [2.05, 4.69) is 18.2 Å². The molecule has 6 heteroatoms. The molecule has 1 amide bonds. The van der Waals surface area contributed by atoms with Crippen molar-refractivity contribution in [3.05, 3.63) is 89.5 Å². The lowest BCUT2D eigenvalue weighted by Gasteiger charge is -2.16. The lowest BCUT2D eigenvalue weighted by atomic mass is 10.1. The Kier molecular flexibility index (Phi) is 7.33. The summed E-state index contributed by atoms with van der Waals surface area (Å²) in [4.78, 5) is 15.9. The molecule has 3 aromatic carbocycles. The summed E-state index contributed by atoms with van der Waals surface area (Å²) in [5.41, 5.74) is 2.78. The van der Waals surface area contributed by atoms with E-state index in [0.717, 1.165) is 23.4 Å². The summed E-state index contributed by atoms with van der Waals surface area (Å²) < 4.78 is 11.4. The second kappa shape index (κ2) is 10.8. The third-order valence-electron chi connectivity index (χ3n) is 5.33. The molecule has 0 unspecified atom stereocenters. The summed E-state index contributed by atoms with van der Waals surface area (Å²) in [7, 11) is 1.58. The molecular weight excluding hydrogens is 432 g/mol. The monoisotopic (exact) mass is 456 g/mol. The first kappa shape index (κ1) is 22.5.